The Balaban J connectivity index is 1.80. The quantitative estimate of drug-likeness (QED) is 0.603. The summed E-state index contributed by atoms with van der Waals surface area (Å²) in [5.74, 6) is -0.672. The SMILES string of the molecule is O=C(Nc1ccccc1)N(OC1CCCCC1)C(=O)c1ccc([N+](=O)[O-])cc1. The highest BCUT2D eigenvalue weighted by Crippen LogP contribution is 2.23. The zero-order valence-corrected chi connectivity index (χ0v) is 15.2. The molecular weight excluding hydrogens is 362 g/mol. The molecule has 3 rings (SSSR count). The van der Waals surface area contributed by atoms with Gasteiger partial charge in [0.2, 0.25) is 0 Å². The number of nitro groups is 1. The molecule has 0 unspecified atom stereocenters. The van der Waals surface area contributed by atoms with Crippen LogP contribution in [0.4, 0.5) is 16.2 Å². The van der Waals surface area contributed by atoms with Gasteiger partial charge in [0.1, 0.15) is 0 Å². The van der Waals surface area contributed by atoms with Crippen LogP contribution in [0.15, 0.2) is 54.6 Å². The van der Waals surface area contributed by atoms with E-state index < -0.39 is 16.9 Å². The number of hydrogen-bond acceptors (Lipinski definition) is 5. The van der Waals surface area contributed by atoms with Crippen LogP contribution >= 0.6 is 0 Å². The van der Waals surface area contributed by atoms with Crippen LogP contribution in [0.3, 0.4) is 0 Å². The molecule has 0 bridgehead atoms. The number of benzene rings is 2. The number of nitro benzene ring substituents is 1. The number of urea groups is 1. The number of hydrogen-bond donors (Lipinski definition) is 1. The van der Waals surface area contributed by atoms with Gasteiger partial charge in [-0.15, -0.1) is 5.06 Å². The topological polar surface area (TPSA) is 102 Å². The number of carbonyl (C=O) groups excluding carboxylic acids is 2. The van der Waals surface area contributed by atoms with Crippen LogP contribution in [0.5, 0.6) is 0 Å². The van der Waals surface area contributed by atoms with Crippen molar-refractivity contribution in [1.82, 2.24) is 5.06 Å². The first-order valence-electron chi connectivity index (χ1n) is 9.16. The summed E-state index contributed by atoms with van der Waals surface area (Å²) in [6, 6.07) is 13.1. The fourth-order valence-corrected chi connectivity index (χ4v) is 3.05. The third kappa shape index (κ3) is 4.92. The van der Waals surface area contributed by atoms with Crippen LogP contribution in [-0.4, -0.2) is 28.0 Å². The molecule has 0 aromatic heterocycles. The first kappa shape index (κ1) is 19.5. The molecule has 1 aliphatic carbocycles. The molecule has 8 nitrogen and oxygen atoms in total. The number of non-ortho nitro benzene ring substituents is 1. The molecule has 1 saturated carbocycles. The number of anilines is 1. The zero-order chi connectivity index (χ0) is 19.9. The van der Waals surface area contributed by atoms with Gasteiger partial charge in [-0.1, -0.05) is 37.5 Å². The van der Waals surface area contributed by atoms with Crippen molar-refractivity contribution in [3.8, 4) is 0 Å². The van der Waals surface area contributed by atoms with E-state index in [2.05, 4.69) is 5.32 Å². The predicted molar refractivity (Wildman–Crippen MR) is 103 cm³/mol. The lowest BCUT2D eigenvalue weighted by molar-refractivity contribution is -0.384. The van der Waals surface area contributed by atoms with Gasteiger partial charge in [-0.05, 0) is 37.1 Å². The summed E-state index contributed by atoms with van der Waals surface area (Å²) in [7, 11) is 0. The van der Waals surface area contributed by atoms with E-state index in [-0.39, 0.29) is 17.4 Å². The summed E-state index contributed by atoms with van der Waals surface area (Å²) in [5, 5.41) is 14.2. The highest BCUT2D eigenvalue weighted by Gasteiger charge is 2.29. The minimum atomic E-state index is -0.708. The molecule has 0 heterocycles. The van der Waals surface area contributed by atoms with Gasteiger partial charge in [0, 0.05) is 23.4 Å². The largest absolute Gasteiger partial charge is 0.353 e. The fourth-order valence-electron chi connectivity index (χ4n) is 3.05. The highest BCUT2D eigenvalue weighted by atomic mass is 16.7. The van der Waals surface area contributed by atoms with Crippen LogP contribution in [0, 0.1) is 10.1 Å². The summed E-state index contributed by atoms with van der Waals surface area (Å²) in [5.41, 5.74) is 0.524. The van der Waals surface area contributed by atoms with Gasteiger partial charge in [0.05, 0.1) is 11.0 Å². The average Bonchev–Trinajstić information content (AvgIpc) is 2.73. The van der Waals surface area contributed by atoms with Crippen molar-refractivity contribution in [2.75, 3.05) is 5.32 Å². The number of carbonyl (C=O) groups is 2. The van der Waals surface area contributed by atoms with Crippen molar-refractivity contribution < 1.29 is 19.3 Å². The second kappa shape index (κ2) is 9.09. The second-order valence-corrected chi connectivity index (χ2v) is 6.57. The van der Waals surface area contributed by atoms with Crippen LogP contribution in [0.25, 0.3) is 0 Å². The van der Waals surface area contributed by atoms with Gasteiger partial charge in [0.25, 0.3) is 11.6 Å². The molecule has 2 aromatic rings. The standard InChI is InChI=1S/C20H21N3O5/c24-19(15-11-13-17(14-12-15)23(26)27)22(28-18-9-5-2-6-10-18)20(25)21-16-7-3-1-4-8-16/h1,3-4,7-8,11-14,18H,2,5-6,9-10H2,(H,21,25). The third-order valence-electron chi connectivity index (χ3n) is 4.53. The number of imide groups is 1. The van der Waals surface area contributed by atoms with Crippen molar-refractivity contribution >= 4 is 23.3 Å². The molecule has 0 spiro atoms. The maximum Gasteiger partial charge on any atom is 0.353 e. The minimum Gasteiger partial charge on any atom is -0.306 e. The average molecular weight is 383 g/mol. The van der Waals surface area contributed by atoms with Gasteiger partial charge < -0.3 is 5.32 Å². The van der Waals surface area contributed by atoms with Crippen molar-refractivity contribution in [2.45, 2.75) is 38.2 Å². The van der Waals surface area contributed by atoms with E-state index in [0.29, 0.717) is 5.69 Å². The molecular formula is C20H21N3O5. The van der Waals surface area contributed by atoms with Gasteiger partial charge in [-0.3, -0.25) is 19.7 Å². The summed E-state index contributed by atoms with van der Waals surface area (Å²) >= 11 is 0. The van der Waals surface area contributed by atoms with E-state index in [1.807, 2.05) is 6.07 Å². The van der Waals surface area contributed by atoms with Crippen molar-refractivity contribution in [3.63, 3.8) is 0 Å². The summed E-state index contributed by atoms with van der Waals surface area (Å²) in [4.78, 5) is 41.7. The van der Waals surface area contributed by atoms with E-state index in [1.54, 1.807) is 24.3 Å². The normalized spacial score (nSPS) is 14.3. The van der Waals surface area contributed by atoms with Gasteiger partial charge >= 0.3 is 6.03 Å². The molecule has 1 N–H and O–H groups in total. The second-order valence-electron chi connectivity index (χ2n) is 6.57. The molecule has 0 saturated heterocycles. The lowest BCUT2D eigenvalue weighted by Gasteiger charge is -2.28. The molecule has 146 valence electrons. The van der Waals surface area contributed by atoms with E-state index in [0.717, 1.165) is 37.2 Å². The van der Waals surface area contributed by atoms with Gasteiger partial charge in [0.15, 0.2) is 0 Å². The monoisotopic (exact) mass is 383 g/mol. The molecule has 0 aliphatic heterocycles. The van der Waals surface area contributed by atoms with Crippen LogP contribution < -0.4 is 5.32 Å². The van der Waals surface area contributed by atoms with Crippen molar-refractivity contribution in [2.24, 2.45) is 0 Å². The Hall–Kier alpha value is -3.26. The Morgan fingerprint density at radius 2 is 1.64 bits per heavy atom. The van der Waals surface area contributed by atoms with E-state index in [4.69, 9.17) is 4.84 Å². The molecule has 0 radical (unpaired) electrons. The maximum absolute atomic E-state index is 12.9. The minimum absolute atomic E-state index is 0.129. The number of amides is 3. The molecule has 8 heteroatoms. The fraction of sp³-hybridized carbons (Fsp3) is 0.300. The molecule has 2 aromatic carbocycles. The smallest absolute Gasteiger partial charge is 0.306 e. The Morgan fingerprint density at radius 3 is 2.25 bits per heavy atom. The number of hydroxylamine groups is 2. The molecule has 28 heavy (non-hydrogen) atoms. The third-order valence-corrected chi connectivity index (χ3v) is 4.53. The Labute approximate surface area is 162 Å². The molecule has 1 fully saturated rings. The number of nitrogens with one attached hydrogen (secondary N) is 1. The van der Waals surface area contributed by atoms with Crippen LogP contribution in [0.1, 0.15) is 42.5 Å². The Kier molecular flexibility index (Phi) is 6.33. The Morgan fingerprint density at radius 1 is 1.00 bits per heavy atom. The maximum atomic E-state index is 12.9. The van der Waals surface area contributed by atoms with Crippen LogP contribution in [0.2, 0.25) is 0 Å². The summed E-state index contributed by atoms with van der Waals surface area (Å²) in [6.45, 7) is 0. The van der Waals surface area contributed by atoms with E-state index in [1.165, 1.54) is 24.3 Å². The number of rotatable bonds is 5. The lowest BCUT2D eigenvalue weighted by Crippen LogP contribution is -2.43. The zero-order valence-electron chi connectivity index (χ0n) is 15.2. The summed E-state index contributed by atoms with van der Waals surface area (Å²) in [6.07, 6.45) is 4.37. The Bertz CT molecular complexity index is 833. The first-order valence-corrected chi connectivity index (χ1v) is 9.16. The van der Waals surface area contributed by atoms with E-state index in [9.17, 15) is 19.7 Å². The van der Waals surface area contributed by atoms with Gasteiger partial charge in [-0.2, -0.15) is 0 Å². The molecule has 3 amide bonds. The van der Waals surface area contributed by atoms with Gasteiger partial charge in [-0.25, -0.2) is 4.79 Å². The number of para-hydroxylation sites is 1. The summed E-state index contributed by atoms with van der Waals surface area (Å²) < 4.78 is 0. The molecule has 0 atom stereocenters. The number of nitrogens with zero attached hydrogens (tertiary/aromatic N) is 2. The van der Waals surface area contributed by atoms with Crippen LogP contribution in [-0.2, 0) is 4.84 Å². The van der Waals surface area contributed by atoms with Crippen molar-refractivity contribution in [1.29, 1.82) is 0 Å². The predicted octanol–water partition coefficient (Wildman–Crippen LogP) is 4.53. The lowest BCUT2D eigenvalue weighted by atomic mass is 9.98. The van der Waals surface area contributed by atoms with E-state index >= 15 is 0 Å². The molecule has 1 aliphatic rings. The van der Waals surface area contributed by atoms with Crippen molar-refractivity contribution in [3.05, 3.63) is 70.3 Å². The first-order chi connectivity index (χ1) is 13.5. The highest BCUT2D eigenvalue weighted by molar-refractivity contribution is 6.07.